The van der Waals surface area contributed by atoms with Crippen molar-refractivity contribution in [3.05, 3.63) is 69.8 Å². The molecule has 42 heavy (non-hydrogen) atoms. The molecule has 5 atom stereocenters. The Labute approximate surface area is 252 Å². The van der Waals surface area contributed by atoms with Gasteiger partial charge in [-0.2, -0.15) is 0 Å². The lowest BCUT2D eigenvalue weighted by Crippen LogP contribution is -2.50. The topological polar surface area (TPSA) is 96.3 Å². The number of carboxylic acid groups (broad SMARTS) is 1. The lowest BCUT2D eigenvalue weighted by Gasteiger charge is -2.46. The normalized spacial score (nSPS) is 27.5. The number of aliphatic hydroxyl groups excluding tert-OH is 1. The zero-order chi connectivity index (χ0) is 29.4. The fraction of sp³-hybridized carbons (Fsp3) is 0.529. The first-order valence-electron chi connectivity index (χ1n) is 15.4. The van der Waals surface area contributed by atoms with Crippen LogP contribution in [0.4, 0.5) is 5.69 Å². The number of carboxylic acids is 1. The minimum atomic E-state index is -0.961. The molecule has 1 fully saturated rings. The summed E-state index contributed by atoms with van der Waals surface area (Å²) >= 11 is 6.38. The summed E-state index contributed by atoms with van der Waals surface area (Å²) in [5.74, 6) is -0.148. The Kier molecular flexibility index (Phi) is 8.25. The summed E-state index contributed by atoms with van der Waals surface area (Å²) in [6.45, 7) is 4.15. The molecule has 0 amide bonds. The van der Waals surface area contributed by atoms with E-state index >= 15 is 0 Å². The summed E-state index contributed by atoms with van der Waals surface area (Å²) in [5, 5.41) is 22.0. The molecular weight excluding hydrogens is 554 g/mol. The van der Waals surface area contributed by atoms with Crippen molar-refractivity contribution >= 4 is 29.2 Å². The molecule has 1 aliphatic heterocycles. The highest BCUT2D eigenvalue weighted by atomic mass is 35.5. The van der Waals surface area contributed by atoms with E-state index in [1.54, 1.807) is 18.2 Å². The fourth-order valence-corrected chi connectivity index (χ4v) is 7.83. The van der Waals surface area contributed by atoms with E-state index in [1.165, 1.54) is 11.1 Å². The van der Waals surface area contributed by atoms with Gasteiger partial charge >= 0.3 is 11.9 Å². The standard InChI is InChI=1S/C34H40ClNO6/c1-2-41-33(40)22-7-5-21(6-8-22)31(37)27-12-9-25(27)18-36-19-34(15-3-4-23-16-26(35)11-13-28(23)34)20-42-30-14-10-24(32(38)39)17-29(30)36/h5,10-11,13-14,16-17,22,25,27,31,37H,2-4,6-9,12,15,18-20H2,1H3,(H,38,39)/t22-,25+,27-,31?,34?/m1/s1. The highest BCUT2D eigenvalue weighted by molar-refractivity contribution is 6.30. The van der Waals surface area contributed by atoms with Gasteiger partial charge in [0.05, 0.1) is 36.5 Å². The second-order valence-electron chi connectivity index (χ2n) is 12.5. The van der Waals surface area contributed by atoms with Crippen molar-refractivity contribution in [2.24, 2.45) is 17.8 Å². The SMILES string of the molecule is CCOC(=O)[C@@H]1CC=C(C(O)[C@@H]2CC[C@H]2CN2CC3(CCCc4cc(Cl)ccc43)COc3ccc(C(=O)O)cc32)CC1. The minimum Gasteiger partial charge on any atom is -0.490 e. The number of fused-ring (bicyclic) bond motifs is 3. The van der Waals surface area contributed by atoms with Crippen molar-refractivity contribution in [3.63, 3.8) is 0 Å². The van der Waals surface area contributed by atoms with Crippen LogP contribution in [0.2, 0.25) is 5.02 Å². The van der Waals surface area contributed by atoms with Gasteiger partial charge in [0.2, 0.25) is 0 Å². The molecule has 2 unspecified atom stereocenters. The van der Waals surface area contributed by atoms with Gasteiger partial charge < -0.3 is 24.6 Å². The molecule has 0 saturated heterocycles. The molecule has 8 heteroatoms. The third-order valence-corrected chi connectivity index (χ3v) is 10.3. The van der Waals surface area contributed by atoms with Crippen LogP contribution in [0.1, 0.15) is 73.4 Å². The molecule has 4 aliphatic rings. The molecular formula is C34H40ClNO6. The van der Waals surface area contributed by atoms with Gasteiger partial charge in [0, 0.05) is 23.5 Å². The Balaban J connectivity index is 1.26. The second-order valence-corrected chi connectivity index (χ2v) is 13.0. The van der Waals surface area contributed by atoms with Crippen molar-refractivity contribution in [2.75, 3.05) is 31.2 Å². The van der Waals surface area contributed by atoms with Crippen LogP contribution in [-0.2, 0) is 21.4 Å². The van der Waals surface area contributed by atoms with Crippen molar-refractivity contribution < 1.29 is 29.3 Å². The number of anilines is 1. The molecule has 3 aliphatic carbocycles. The van der Waals surface area contributed by atoms with E-state index in [1.807, 2.05) is 13.0 Å². The Morgan fingerprint density at radius 1 is 1.17 bits per heavy atom. The molecule has 0 radical (unpaired) electrons. The number of carbonyl (C=O) groups excluding carboxylic acids is 1. The largest absolute Gasteiger partial charge is 0.490 e. The summed E-state index contributed by atoms with van der Waals surface area (Å²) in [6, 6.07) is 11.3. The van der Waals surface area contributed by atoms with Gasteiger partial charge in [-0.1, -0.05) is 23.7 Å². The average Bonchev–Trinajstić information content (AvgIpc) is 3.12. The number of carbonyl (C=O) groups is 2. The zero-order valence-electron chi connectivity index (χ0n) is 24.2. The van der Waals surface area contributed by atoms with Gasteiger partial charge in [-0.05, 0) is 117 Å². The van der Waals surface area contributed by atoms with E-state index in [9.17, 15) is 19.8 Å². The molecule has 2 aromatic carbocycles. The smallest absolute Gasteiger partial charge is 0.335 e. The molecule has 1 saturated carbocycles. The summed E-state index contributed by atoms with van der Waals surface area (Å²) in [6.07, 6.45) is 8.49. The van der Waals surface area contributed by atoms with E-state index in [-0.39, 0.29) is 34.7 Å². The number of hydrogen-bond donors (Lipinski definition) is 2. The fourth-order valence-electron chi connectivity index (χ4n) is 7.64. The number of aromatic carboxylic acids is 1. The summed E-state index contributed by atoms with van der Waals surface area (Å²) in [4.78, 5) is 26.5. The van der Waals surface area contributed by atoms with Crippen LogP contribution < -0.4 is 9.64 Å². The van der Waals surface area contributed by atoms with E-state index in [2.05, 4.69) is 23.1 Å². The summed E-state index contributed by atoms with van der Waals surface area (Å²) < 4.78 is 11.7. The summed E-state index contributed by atoms with van der Waals surface area (Å²) in [5.41, 5.74) is 4.37. The lowest BCUT2D eigenvalue weighted by molar-refractivity contribution is -0.148. The molecule has 2 N–H and O–H groups in total. The number of aryl methyl sites for hydroxylation is 1. The molecule has 1 spiro atoms. The number of esters is 1. The molecule has 0 aromatic heterocycles. The quantitative estimate of drug-likeness (QED) is 0.292. The first-order valence-corrected chi connectivity index (χ1v) is 15.7. The number of nitrogens with zero attached hydrogens (tertiary/aromatic N) is 1. The highest BCUT2D eigenvalue weighted by Crippen LogP contribution is 2.47. The number of aliphatic hydroxyl groups is 1. The Morgan fingerprint density at radius 3 is 2.74 bits per heavy atom. The third-order valence-electron chi connectivity index (χ3n) is 10.1. The third kappa shape index (κ3) is 5.53. The molecule has 1 heterocycles. The van der Waals surface area contributed by atoms with Crippen LogP contribution in [0.3, 0.4) is 0 Å². The van der Waals surface area contributed by atoms with Gasteiger partial charge in [0.1, 0.15) is 5.75 Å². The van der Waals surface area contributed by atoms with Gasteiger partial charge in [0.15, 0.2) is 0 Å². The van der Waals surface area contributed by atoms with Crippen molar-refractivity contribution in [1.82, 2.24) is 0 Å². The number of allylic oxidation sites excluding steroid dienone is 1. The molecule has 2 aromatic rings. The Morgan fingerprint density at radius 2 is 2.02 bits per heavy atom. The Hall–Kier alpha value is -3.03. The number of rotatable bonds is 7. The van der Waals surface area contributed by atoms with Gasteiger partial charge in [-0.15, -0.1) is 0 Å². The molecule has 224 valence electrons. The van der Waals surface area contributed by atoms with Crippen molar-refractivity contribution in [2.45, 2.75) is 69.8 Å². The van der Waals surface area contributed by atoms with Crippen LogP contribution in [0.25, 0.3) is 0 Å². The van der Waals surface area contributed by atoms with E-state index in [0.717, 1.165) is 48.4 Å². The number of ether oxygens (including phenoxy) is 2. The van der Waals surface area contributed by atoms with Crippen LogP contribution in [-0.4, -0.2) is 54.6 Å². The van der Waals surface area contributed by atoms with Gasteiger partial charge in [-0.25, -0.2) is 4.79 Å². The monoisotopic (exact) mass is 593 g/mol. The average molecular weight is 594 g/mol. The zero-order valence-corrected chi connectivity index (χ0v) is 24.9. The van der Waals surface area contributed by atoms with Crippen LogP contribution in [0, 0.1) is 17.8 Å². The maximum atomic E-state index is 12.2. The first kappa shape index (κ1) is 29.1. The lowest BCUT2D eigenvalue weighted by atomic mass is 9.67. The molecule has 0 bridgehead atoms. The van der Waals surface area contributed by atoms with Crippen LogP contribution in [0.15, 0.2) is 48.0 Å². The second kappa shape index (κ2) is 11.9. The maximum Gasteiger partial charge on any atom is 0.335 e. The van der Waals surface area contributed by atoms with E-state index in [0.29, 0.717) is 51.3 Å². The van der Waals surface area contributed by atoms with Crippen molar-refractivity contribution in [3.8, 4) is 5.75 Å². The minimum absolute atomic E-state index is 0.124. The van der Waals surface area contributed by atoms with Crippen LogP contribution >= 0.6 is 11.6 Å². The highest BCUT2D eigenvalue weighted by Gasteiger charge is 2.45. The number of hydrogen-bond acceptors (Lipinski definition) is 6. The molecule has 7 nitrogen and oxygen atoms in total. The van der Waals surface area contributed by atoms with Crippen LogP contribution in [0.5, 0.6) is 5.75 Å². The number of benzene rings is 2. The van der Waals surface area contributed by atoms with E-state index < -0.39 is 12.1 Å². The number of halogens is 1. The van der Waals surface area contributed by atoms with Gasteiger partial charge in [0.25, 0.3) is 0 Å². The van der Waals surface area contributed by atoms with E-state index in [4.69, 9.17) is 21.1 Å². The van der Waals surface area contributed by atoms with Crippen molar-refractivity contribution in [1.29, 1.82) is 0 Å². The molecule has 6 rings (SSSR count). The predicted molar refractivity (Wildman–Crippen MR) is 161 cm³/mol. The van der Waals surface area contributed by atoms with Gasteiger partial charge in [-0.3, -0.25) is 4.79 Å². The summed E-state index contributed by atoms with van der Waals surface area (Å²) in [7, 11) is 0. The maximum absolute atomic E-state index is 12.2. The predicted octanol–water partition coefficient (Wildman–Crippen LogP) is 6.19. The Bertz CT molecular complexity index is 1390. The first-order chi connectivity index (χ1) is 20.3.